The lowest BCUT2D eigenvalue weighted by Gasteiger charge is -2.05. The largest absolute Gasteiger partial charge is 0.305 e. The van der Waals surface area contributed by atoms with Crippen molar-refractivity contribution in [2.75, 3.05) is 11.6 Å². The van der Waals surface area contributed by atoms with Crippen LogP contribution in [-0.2, 0) is 7.05 Å². The third-order valence-corrected chi connectivity index (χ3v) is 3.97. The van der Waals surface area contributed by atoms with Crippen molar-refractivity contribution in [3.63, 3.8) is 0 Å². The molecule has 6 heteroatoms. The summed E-state index contributed by atoms with van der Waals surface area (Å²) in [6.07, 6.45) is 2.76. The Balaban J connectivity index is 2.23. The number of alkyl halides is 1. The number of aryl methyl sites for hydroxylation is 1. The van der Waals surface area contributed by atoms with Crippen LogP contribution in [0.3, 0.4) is 0 Å². The molecule has 0 fully saturated rings. The predicted octanol–water partition coefficient (Wildman–Crippen LogP) is 2.91. The summed E-state index contributed by atoms with van der Waals surface area (Å²) in [5.41, 5.74) is 1.99. The average Bonchev–Trinajstić information content (AvgIpc) is 2.72. The maximum absolute atomic E-state index is 5.66. The van der Waals surface area contributed by atoms with Gasteiger partial charge in [0.15, 0.2) is 11.0 Å². The van der Waals surface area contributed by atoms with E-state index in [0.29, 0.717) is 5.88 Å². The van der Waals surface area contributed by atoms with E-state index < -0.39 is 0 Å². The van der Waals surface area contributed by atoms with E-state index in [1.54, 1.807) is 18.0 Å². The molecule has 0 aromatic carbocycles. The molecule has 0 saturated heterocycles. The van der Waals surface area contributed by atoms with Crippen molar-refractivity contribution in [2.45, 2.75) is 18.5 Å². The van der Waals surface area contributed by atoms with Gasteiger partial charge in [-0.25, -0.2) is 0 Å². The summed E-state index contributed by atoms with van der Waals surface area (Å²) in [5, 5.41) is 9.37. The highest BCUT2D eigenvalue weighted by Gasteiger charge is 2.12. The van der Waals surface area contributed by atoms with E-state index in [-0.39, 0.29) is 0 Å². The average molecular weight is 283 g/mol. The molecule has 4 nitrogen and oxygen atoms in total. The van der Waals surface area contributed by atoms with Gasteiger partial charge in [0.05, 0.1) is 0 Å². The second-order valence-electron chi connectivity index (χ2n) is 3.89. The molecule has 2 rings (SSSR count). The first-order valence-electron chi connectivity index (χ1n) is 5.74. The minimum Gasteiger partial charge on any atom is -0.305 e. The van der Waals surface area contributed by atoms with Gasteiger partial charge in [-0.05, 0) is 25.5 Å². The second kappa shape index (κ2) is 6.20. The summed E-state index contributed by atoms with van der Waals surface area (Å²) in [6, 6.07) is 3.93. The maximum Gasteiger partial charge on any atom is 0.191 e. The van der Waals surface area contributed by atoms with Gasteiger partial charge in [-0.3, -0.25) is 4.98 Å². The molecule has 0 aliphatic rings. The fourth-order valence-electron chi connectivity index (χ4n) is 1.61. The normalized spacial score (nSPS) is 10.8. The van der Waals surface area contributed by atoms with E-state index in [0.717, 1.165) is 34.4 Å². The highest BCUT2D eigenvalue weighted by Crippen LogP contribution is 2.24. The first-order chi connectivity index (χ1) is 8.74. The van der Waals surface area contributed by atoms with Crippen LogP contribution in [0.15, 0.2) is 23.5 Å². The van der Waals surface area contributed by atoms with Gasteiger partial charge < -0.3 is 4.57 Å². The van der Waals surface area contributed by atoms with E-state index in [9.17, 15) is 0 Å². The highest BCUT2D eigenvalue weighted by atomic mass is 35.5. The van der Waals surface area contributed by atoms with Crippen molar-refractivity contribution in [1.82, 2.24) is 19.7 Å². The molecule has 0 aliphatic heterocycles. The molecule has 0 radical (unpaired) electrons. The van der Waals surface area contributed by atoms with Crippen LogP contribution in [0.2, 0.25) is 0 Å². The number of aromatic nitrogens is 4. The Bertz CT molecular complexity index is 527. The Morgan fingerprint density at radius 1 is 1.39 bits per heavy atom. The van der Waals surface area contributed by atoms with Crippen molar-refractivity contribution in [3.8, 4) is 11.4 Å². The second-order valence-corrected chi connectivity index (χ2v) is 5.33. The van der Waals surface area contributed by atoms with Crippen LogP contribution in [0, 0.1) is 6.92 Å². The van der Waals surface area contributed by atoms with E-state index >= 15 is 0 Å². The van der Waals surface area contributed by atoms with E-state index in [4.69, 9.17) is 11.6 Å². The van der Waals surface area contributed by atoms with Crippen molar-refractivity contribution < 1.29 is 0 Å². The van der Waals surface area contributed by atoms with Gasteiger partial charge in [0.25, 0.3) is 0 Å². The van der Waals surface area contributed by atoms with Crippen LogP contribution in [0.4, 0.5) is 0 Å². The van der Waals surface area contributed by atoms with Crippen molar-refractivity contribution in [1.29, 1.82) is 0 Å². The molecule has 0 unspecified atom stereocenters. The maximum atomic E-state index is 5.66. The number of pyridine rings is 1. The van der Waals surface area contributed by atoms with Crippen LogP contribution in [-0.4, -0.2) is 31.4 Å². The molecule has 2 heterocycles. The third kappa shape index (κ3) is 2.84. The first kappa shape index (κ1) is 13.4. The van der Waals surface area contributed by atoms with Gasteiger partial charge in [-0.15, -0.1) is 21.8 Å². The molecule has 18 heavy (non-hydrogen) atoms. The number of thioether (sulfide) groups is 1. The van der Waals surface area contributed by atoms with Crippen molar-refractivity contribution in [2.24, 2.45) is 7.05 Å². The van der Waals surface area contributed by atoms with E-state index in [2.05, 4.69) is 15.2 Å². The van der Waals surface area contributed by atoms with Crippen molar-refractivity contribution >= 4 is 23.4 Å². The van der Waals surface area contributed by atoms with Gasteiger partial charge in [0.2, 0.25) is 0 Å². The zero-order valence-corrected chi connectivity index (χ0v) is 12.0. The third-order valence-electron chi connectivity index (χ3n) is 2.59. The summed E-state index contributed by atoms with van der Waals surface area (Å²) in [4.78, 5) is 4.28. The van der Waals surface area contributed by atoms with Crippen molar-refractivity contribution in [3.05, 3.63) is 24.0 Å². The van der Waals surface area contributed by atoms with Gasteiger partial charge in [0.1, 0.15) is 0 Å². The fourth-order valence-corrected chi connectivity index (χ4v) is 2.76. The number of rotatable bonds is 5. The van der Waals surface area contributed by atoms with Crippen LogP contribution in [0.1, 0.15) is 12.1 Å². The van der Waals surface area contributed by atoms with Gasteiger partial charge in [-0.1, -0.05) is 11.8 Å². The van der Waals surface area contributed by atoms with Crippen LogP contribution in [0.5, 0.6) is 0 Å². The van der Waals surface area contributed by atoms with E-state index in [1.165, 1.54) is 0 Å². The SMILES string of the molecule is Cc1ncccc1-c1nnc(SCCCCl)n1C. The summed E-state index contributed by atoms with van der Waals surface area (Å²) in [5.74, 6) is 2.50. The Morgan fingerprint density at radius 3 is 2.94 bits per heavy atom. The Kier molecular flexibility index (Phi) is 4.60. The molecule has 96 valence electrons. The summed E-state index contributed by atoms with van der Waals surface area (Å²) >= 11 is 7.34. The summed E-state index contributed by atoms with van der Waals surface area (Å²) < 4.78 is 2.00. The molecule has 0 aliphatic carbocycles. The molecule has 0 N–H and O–H groups in total. The topological polar surface area (TPSA) is 43.6 Å². The molecule has 0 saturated carbocycles. The van der Waals surface area contributed by atoms with Crippen LogP contribution in [0.25, 0.3) is 11.4 Å². The quantitative estimate of drug-likeness (QED) is 0.480. The zero-order chi connectivity index (χ0) is 13.0. The molecule has 0 spiro atoms. The summed E-state index contributed by atoms with van der Waals surface area (Å²) in [6.45, 7) is 1.98. The minimum atomic E-state index is 0.680. The molecule has 0 atom stereocenters. The number of hydrogen-bond donors (Lipinski definition) is 0. The zero-order valence-electron chi connectivity index (χ0n) is 10.4. The van der Waals surface area contributed by atoms with Gasteiger partial charge >= 0.3 is 0 Å². The Hall–Kier alpha value is -1.07. The first-order valence-corrected chi connectivity index (χ1v) is 7.26. The monoisotopic (exact) mass is 282 g/mol. The minimum absolute atomic E-state index is 0.680. The van der Waals surface area contributed by atoms with E-state index in [1.807, 2.05) is 30.7 Å². The summed E-state index contributed by atoms with van der Waals surface area (Å²) in [7, 11) is 1.98. The smallest absolute Gasteiger partial charge is 0.191 e. The molecule has 0 amide bonds. The Labute approximate surface area is 116 Å². The number of hydrogen-bond acceptors (Lipinski definition) is 4. The van der Waals surface area contributed by atoms with Gasteiger partial charge in [0, 0.05) is 36.1 Å². The molecule has 2 aromatic heterocycles. The van der Waals surface area contributed by atoms with Crippen LogP contribution >= 0.6 is 23.4 Å². The number of nitrogens with zero attached hydrogens (tertiary/aromatic N) is 4. The highest BCUT2D eigenvalue weighted by molar-refractivity contribution is 7.99. The fraction of sp³-hybridized carbons (Fsp3) is 0.417. The lowest BCUT2D eigenvalue weighted by Crippen LogP contribution is -1.97. The molecule has 2 aromatic rings. The predicted molar refractivity (Wildman–Crippen MR) is 75.0 cm³/mol. The molecule has 0 bridgehead atoms. The number of halogens is 1. The van der Waals surface area contributed by atoms with Crippen LogP contribution < -0.4 is 0 Å². The Morgan fingerprint density at radius 2 is 2.22 bits per heavy atom. The molecular formula is C12H15ClN4S. The molecular weight excluding hydrogens is 268 g/mol. The van der Waals surface area contributed by atoms with Gasteiger partial charge in [-0.2, -0.15) is 0 Å². The standard InChI is InChI=1S/C12H15ClN4S/c1-9-10(5-3-7-14-9)11-15-16-12(17(11)2)18-8-4-6-13/h3,5,7H,4,6,8H2,1-2H3. The lowest BCUT2D eigenvalue weighted by molar-refractivity contribution is 0.792. The lowest BCUT2D eigenvalue weighted by atomic mass is 10.2.